The number of carboxylic acids is 1. The average Bonchev–Trinajstić information content (AvgIpc) is 2.47. The second kappa shape index (κ2) is 13.0. The Hall–Kier alpha value is -0.730. The monoisotopic (exact) mass is 307 g/mol. The van der Waals surface area contributed by atoms with Gasteiger partial charge in [0, 0.05) is 7.11 Å². The largest absolute Gasteiger partial charge is 0.480 e. The van der Waals surface area contributed by atoms with Gasteiger partial charge in [0.1, 0.15) is 5.54 Å². The van der Waals surface area contributed by atoms with Gasteiger partial charge in [0.15, 0.2) is 0 Å². The number of ether oxygens (including phenoxy) is 4. The van der Waals surface area contributed by atoms with Crippen molar-refractivity contribution in [3.05, 3.63) is 0 Å². The summed E-state index contributed by atoms with van der Waals surface area (Å²) in [4.78, 5) is 11.2. The Balaban J connectivity index is 3.56. The normalized spacial score (nSPS) is 14.0. The molecule has 2 N–H and O–H groups in total. The fourth-order valence-corrected chi connectivity index (χ4v) is 1.45. The fraction of sp³-hybridized carbons (Fsp3) is 0.929. The molecule has 7 heteroatoms. The Morgan fingerprint density at radius 2 is 1.57 bits per heavy atom. The highest BCUT2D eigenvalue weighted by molar-refractivity contribution is 5.78. The molecule has 0 aliphatic carbocycles. The Bertz CT molecular complexity index is 264. The molecule has 7 nitrogen and oxygen atoms in total. The molecule has 0 saturated carbocycles. The molecule has 1 atom stereocenters. The maximum Gasteiger partial charge on any atom is 0.326 e. The van der Waals surface area contributed by atoms with Crippen molar-refractivity contribution < 1.29 is 28.8 Å². The summed E-state index contributed by atoms with van der Waals surface area (Å²) in [7, 11) is 1.62. The number of rotatable bonds is 15. The lowest BCUT2D eigenvalue weighted by Crippen LogP contribution is -2.53. The number of carboxylic acid groups (broad SMARTS) is 1. The minimum absolute atomic E-state index is 0.107. The third-order valence-corrected chi connectivity index (χ3v) is 2.80. The van der Waals surface area contributed by atoms with Crippen molar-refractivity contribution in [2.75, 3.05) is 59.9 Å². The number of aliphatic carboxylic acids is 1. The van der Waals surface area contributed by atoms with E-state index in [0.29, 0.717) is 46.2 Å². The van der Waals surface area contributed by atoms with Crippen LogP contribution in [-0.2, 0) is 23.7 Å². The molecule has 0 rings (SSSR count). The Morgan fingerprint density at radius 1 is 1.05 bits per heavy atom. The van der Waals surface area contributed by atoms with E-state index in [2.05, 4.69) is 5.32 Å². The predicted octanol–water partition coefficient (Wildman–Crippen LogP) is 0.526. The molecule has 0 spiro atoms. The molecule has 21 heavy (non-hydrogen) atoms. The first-order valence-electron chi connectivity index (χ1n) is 7.27. The van der Waals surface area contributed by atoms with Gasteiger partial charge < -0.3 is 29.4 Å². The highest BCUT2D eigenvalue weighted by Gasteiger charge is 2.32. The van der Waals surface area contributed by atoms with Crippen LogP contribution >= 0.6 is 0 Å². The highest BCUT2D eigenvalue weighted by Crippen LogP contribution is 2.05. The van der Waals surface area contributed by atoms with Crippen LogP contribution in [0.15, 0.2) is 0 Å². The Kier molecular flexibility index (Phi) is 12.5. The Morgan fingerprint density at radius 3 is 2.05 bits per heavy atom. The van der Waals surface area contributed by atoms with Gasteiger partial charge in [0.05, 0.1) is 46.2 Å². The van der Waals surface area contributed by atoms with E-state index in [1.807, 2.05) is 6.92 Å². The fourth-order valence-electron chi connectivity index (χ4n) is 1.45. The second-order valence-corrected chi connectivity index (χ2v) is 4.83. The van der Waals surface area contributed by atoms with Gasteiger partial charge in [0.2, 0.25) is 0 Å². The minimum atomic E-state index is -1.06. The third-order valence-electron chi connectivity index (χ3n) is 2.80. The first-order valence-corrected chi connectivity index (χ1v) is 7.27. The quantitative estimate of drug-likeness (QED) is 0.427. The molecule has 126 valence electrons. The predicted molar refractivity (Wildman–Crippen MR) is 78.7 cm³/mol. The van der Waals surface area contributed by atoms with E-state index in [1.165, 1.54) is 0 Å². The van der Waals surface area contributed by atoms with Crippen molar-refractivity contribution in [2.24, 2.45) is 0 Å². The zero-order valence-corrected chi connectivity index (χ0v) is 13.4. The summed E-state index contributed by atoms with van der Waals surface area (Å²) in [6, 6.07) is 0. The van der Waals surface area contributed by atoms with Crippen LogP contribution in [0.2, 0.25) is 0 Å². The van der Waals surface area contributed by atoms with Crippen molar-refractivity contribution in [3.63, 3.8) is 0 Å². The molecular weight excluding hydrogens is 278 g/mol. The van der Waals surface area contributed by atoms with Gasteiger partial charge in [-0.25, -0.2) is 0 Å². The molecule has 0 aliphatic heterocycles. The summed E-state index contributed by atoms with van der Waals surface area (Å²) < 4.78 is 20.8. The van der Waals surface area contributed by atoms with Crippen LogP contribution in [0.4, 0.5) is 0 Å². The van der Waals surface area contributed by atoms with Crippen molar-refractivity contribution in [3.8, 4) is 0 Å². The van der Waals surface area contributed by atoms with Crippen LogP contribution in [0.25, 0.3) is 0 Å². The number of methoxy groups -OCH3 is 1. The zero-order valence-electron chi connectivity index (χ0n) is 13.4. The summed E-state index contributed by atoms with van der Waals surface area (Å²) in [6.45, 7) is 7.24. The molecule has 0 fully saturated rings. The van der Waals surface area contributed by atoms with Gasteiger partial charge in [-0.2, -0.15) is 0 Å². The van der Waals surface area contributed by atoms with Crippen LogP contribution in [0.3, 0.4) is 0 Å². The van der Waals surface area contributed by atoms with Crippen LogP contribution in [0, 0.1) is 0 Å². The third kappa shape index (κ3) is 10.6. The lowest BCUT2D eigenvalue weighted by atomic mass is 10.0. The topological polar surface area (TPSA) is 86.3 Å². The van der Waals surface area contributed by atoms with Crippen LogP contribution in [0.5, 0.6) is 0 Å². The van der Waals surface area contributed by atoms with E-state index in [0.717, 1.165) is 6.42 Å². The molecule has 0 aliphatic rings. The number of hydrogen-bond donors (Lipinski definition) is 2. The molecule has 0 radical (unpaired) electrons. The zero-order chi connectivity index (χ0) is 16.0. The summed E-state index contributed by atoms with van der Waals surface area (Å²) in [6.07, 6.45) is 0.870. The number of carbonyl (C=O) groups is 1. The van der Waals surface area contributed by atoms with Gasteiger partial charge in [-0.1, -0.05) is 6.92 Å². The molecule has 0 aromatic rings. The maximum atomic E-state index is 11.2. The van der Waals surface area contributed by atoms with Gasteiger partial charge in [-0.05, 0) is 19.9 Å². The van der Waals surface area contributed by atoms with Crippen molar-refractivity contribution in [1.82, 2.24) is 5.32 Å². The van der Waals surface area contributed by atoms with Crippen molar-refractivity contribution in [2.45, 2.75) is 25.8 Å². The number of hydrogen-bond acceptors (Lipinski definition) is 6. The first-order chi connectivity index (χ1) is 10.1. The SMILES string of the molecule is CCCNC(C)(COCCOCCOCCOC)C(=O)O. The molecule has 0 bridgehead atoms. The Labute approximate surface area is 126 Å². The van der Waals surface area contributed by atoms with E-state index in [9.17, 15) is 9.90 Å². The van der Waals surface area contributed by atoms with Gasteiger partial charge >= 0.3 is 5.97 Å². The van der Waals surface area contributed by atoms with E-state index >= 15 is 0 Å². The van der Waals surface area contributed by atoms with Gasteiger partial charge in [0.25, 0.3) is 0 Å². The summed E-state index contributed by atoms with van der Waals surface area (Å²) in [5, 5.41) is 12.2. The lowest BCUT2D eigenvalue weighted by molar-refractivity contribution is -0.147. The molecule has 0 heterocycles. The lowest BCUT2D eigenvalue weighted by Gasteiger charge is -2.25. The molecule has 0 aromatic heterocycles. The molecule has 0 amide bonds. The van der Waals surface area contributed by atoms with Crippen LogP contribution in [0.1, 0.15) is 20.3 Å². The van der Waals surface area contributed by atoms with Crippen molar-refractivity contribution in [1.29, 1.82) is 0 Å². The van der Waals surface area contributed by atoms with E-state index in [-0.39, 0.29) is 6.61 Å². The summed E-state index contributed by atoms with van der Waals surface area (Å²) >= 11 is 0. The van der Waals surface area contributed by atoms with Gasteiger partial charge in [-0.3, -0.25) is 4.79 Å². The van der Waals surface area contributed by atoms with Gasteiger partial charge in [-0.15, -0.1) is 0 Å². The smallest absolute Gasteiger partial charge is 0.326 e. The standard InChI is InChI=1S/C14H29NO6/c1-4-5-15-14(2,13(16)17)12-21-11-10-20-9-8-19-7-6-18-3/h15H,4-12H2,1-3H3,(H,16,17). The molecule has 0 saturated heterocycles. The van der Waals surface area contributed by atoms with Crippen LogP contribution < -0.4 is 5.32 Å². The first kappa shape index (κ1) is 20.3. The minimum Gasteiger partial charge on any atom is -0.480 e. The van der Waals surface area contributed by atoms with E-state index < -0.39 is 11.5 Å². The second-order valence-electron chi connectivity index (χ2n) is 4.83. The summed E-state index contributed by atoms with van der Waals surface area (Å²) in [5.74, 6) is -0.914. The molecule has 0 aromatic carbocycles. The number of nitrogens with one attached hydrogen (secondary N) is 1. The van der Waals surface area contributed by atoms with E-state index in [1.54, 1.807) is 14.0 Å². The maximum absolute atomic E-state index is 11.2. The van der Waals surface area contributed by atoms with Crippen molar-refractivity contribution >= 4 is 5.97 Å². The average molecular weight is 307 g/mol. The van der Waals surface area contributed by atoms with Crippen LogP contribution in [-0.4, -0.2) is 76.5 Å². The molecular formula is C14H29NO6. The summed E-state index contributed by atoms with van der Waals surface area (Å²) in [5.41, 5.74) is -1.06. The molecule has 1 unspecified atom stereocenters. The highest BCUT2D eigenvalue weighted by atomic mass is 16.6. The van der Waals surface area contributed by atoms with E-state index in [4.69, 9.17) is 18.9 Å².